The number of rotatable bonds is 5. The van der Waals surface area contributed by atoms with Gasteiger partial charge in [0.2, 0.25) is 10.0 Å². The molecule has 0 aliphatic carbocycles. The summed E-state index contributed by atoms with van der Waals surface area (Å²) in [5, 5.41) is 0. The van der Waals surface area contributed by atoms with Crippen LogP contribution in [-0.4, -0.2) is 26.3 Å². The third-order valence-corrected chi connectivity index (χ3v) is 4.18. The van der Waals surface area contributed by atoms with Gasteiger partial charge in [0.05, 0.1) is 0 Å². The van der Waals surface area contributed by atoms with Crippen molar-refractivity contribution in [1.29, 1.82) is 0 Å². The van der Waals surface area contributed by atoms with E-state index in [9.17, 15) is 12.8 Å². The standard InChI is InChI=1S/C11H15FN2O2S/c1-3-4-7-14(2)17(15,16)11-6-5-9(13)8-10(11)12/h3,5-6,8H,1,4,7,13H2,2H3. The van der Waals surface area contributed by atoms with Crippen LogP contribution in [0.2, 0.25) is 0 Å². The van der Waals surface area contributed by atoms with E-state index in [1.54, 1.807) is 6.08 Å². The molecule has 0 unspecified atom stereocenters. The average Bonchev–Trinajstić information content (AvgIpc) is 2.25. The number of sulfonamides is 1. The summed E-state index contributed by atoms with van der Waals surface area (Å²) in [5.41, 5.74) is 5.56. The Morgan fingerprint density at radius 1 is 1.53 bits per heavy atom. The van der Waals surface area contributed by atoms with Gasteiger partial charge in [0.15, 0.2) is 0 Å². The molecule has 2 N–H and O–H groups in total. The van der Waals surface area contributed by atoms with Crippen molar-refractivity contribution in [3.8, 4) is 0 Å². The second-order valence-corrected chi connectivity index (χ2v) is 5.61. The Morgan fingerprint density at radius 3 is 2.71 bits per heavy atom. The molecule has 94 valence electrons. The van der Waals surface area contributed by atoms with Crippen molar-refractivity contribution in [1.82, 2.24) is 4.31 Å². The van der Waals surface area contributed by atoms with Gasteiger partial charge in [0, 0.05) is 19.3 Å². The topological polar surface area (TPSA) is 63.4 Å². The van der Waals surface area contributed by atoms with E-state index in [0.717, 1.165) is 10.4 Å². The Hall–Kier alpha value is -1.40. The van der Waals surface area contributed by atoms with Crippen molar-refractivity contribution in [2.45, 2.75) is 11.3 Å². The van der Waals surface area contributed by atoms with Gasteiger partial charge in [-0.2, -0.15) is 0 Å². The van der Waals surface area contributed by atoms with E-state index in [4.69, 9.17) is 5.73 Å². The zero-order valence-corrected chi connectivity index (χ0v) is 10.4. The Labute approximate surface area is 101 Å². The first-order chi connectivity index (χ1) is 7.89. The van der Waals surface area contributed by atoms with Crippen LogP contribution in [0.3, 0.4) is 0 Å². The van der Waals surface area contributed by atoms with E-state index >= 15 is 0 Å². The molecule has 1 rings (SSSR count). The van der Waals surface area contributed by atoms with Crippen LogP contribution < -0.4 is 5.73 Å². The molecule has 0 aliphatic rings. The normalized spacial score (nSPS) is 11.7. The van der Waals surface area contributed by atoms with Crippen LogP contribution in [0, 0.1) is 5.82 Å². The molecule has 0 bridgehead atoms. The Balaban J connectivity index is 3.08. The molecule has 0 aromatic heterocycles. The lowest BCUT2D eigenvalue weighted by molar-refractivity contribution is 0.468. The van der Waals surface area contributed by atoms with Crippen molar-refractivity contribution in [2.24, 2.45) is 0 Å². The summed E-state index contributed by atoms with van der Waals surface area (Å²) in [6, 6.07) is 3.52. The summed E-state index contributed by atoms with van der Waals surface area (Å²) in [4.78, 5) is -0.363. The van der Waals surface area contributed by atoms with E-state index in [2.05, 4.69) is 6.58 Å². The number of benzene rings is 1. The summed E-state index contributed by atoms with van der Waals surface area (Å²) in [5.74, 6) is -0.838. The molecule has 0 atom stereocenters. The maximum atomic E-state index is 13.5. The van der Waals surface area contributed by atoms with Gasteiger partial charge >= 0.3 is 0 Å². The first-order valence-electron chi connectivity index (χ1n) is 5.02. The van der Waals surface area contributed by atoms with E-state index in [1.165, 1.54) is 19.2 Å². The van der Waals surface area contributed by atoms with Gasteiger partial charge in [-0.15, -0.1) is 6.58 Å². The Morgan fingerprint density at radius 2 is 2.18 bits per heavy atom. The summed E-state index contributed by atoms with van der Waals surface area (Å²) < 4.78 is 38.6. The van der Waals surface area contributed by atoms with Crippen molar-refractivity contribution < 1.29 is 12.8 Å². The molecule has 0 radical (unpaired) electrons. The minimum absolute atomic E-state index is 0.190. The van der Waals surface area contributed by atoms with Crippen LogP contribution in [0.4, 0.5) is 10.1 Å². The lowest BCUT2D eigenvalue weighted by Crippen LogP contribution is -2.28. The van der Waals surface area contributed by atoms with Crippen molar-refractivity contribution in [3.05, 3.63) is 36.7 Å². The number of nitrogens with zero attached hydrogens (tertiary/aromatic N) is 1. The highest BCUT2D eigenvalue weighted by Crippen LogP contribution is 2.20. The number of hydrogen-bond donors (Lipinski definition) is 1. The minimum atomic E-state index is -3.80. The quantitative estimate of drug-likeness (QED) is 0.644. The van der Waals surface area contributed by atoms with Crippen LogP contribution in [0.25, 0.3) is 0 Å². The lowest BCUT2D eigenvalue weighted by atomic mass is 10.3. The molecule has 17 heavy (non-hydrogen) atoms. The number of hydrogen-bond acceptors (Lipinski definition) is 3. The molecule has 0 heterocycles. The van der Waals surface area contributed by atoms with Crippen molar-refractivity contribution >= 4 is 15.7 Å². The lowest BCUT2D eigenvalue weighted by Gasteiger charge is -2.16. The molecule has 0 fully saturated rings. The fourth-order valence-corrected chi connectivity index (χ4v) is 2.51. The molecule has 4 nitrogen and oxygen atoms in total. The molecule has 6 heteroatoms. The molecule has 1 aromatic rings. The third-order valence-electron chi connectivity index (χ3n) is 2.29. The predicted molar refractivity (Wildman–Crippen MR) is 65.4 cm³/mol. The number of nitrogens with two attached hydrogens (primary N) is 1. The highest BCUT2D eigenvalue weighted by atomic mass is 32.2. The summed E-state index contributed by atoms with van der Waals surface area (Å²) in [6.45, 7) is 3.76. The van der Waals surface area contributed by atoms with Gasteiger partial charge in [-0.05, 0) is 24.6 Å². The number of nitrogen functional groups attached to an aromatic ring is 1. The maximum absolute atomic E-state index is 13.5. The average molecular weight is 258 g/mol. The highest BCUT2D eigenvalue weighted by molar-refractivity contribution is 7.89. The smallest absolute Gasteiger partial charge is 0.245 e. The van der Waals surface area contributed by atoms with E-state index in [1.807, 2.05) is 0 Å². The van der Waals surface area contributed by atoms with E-state index < -0.39 is 15.8 Å². The molecule has 0 spiro atoms. The second kappa shape index (κ2) is 5.29. The second-order valence-electron chi connectivity index (χ2n) is 3.59. The van der Waals surface area contributed by atoms with Crippen molar-refractivity contribution in [2.75, 3.05) is 19.3 Å². The SMILES string of the molecule is C=CCCN(C)S(=O)(=O)c1ccc(N)cc1F. The predicted octanol–water partition coefficient (Wildman–Crippen LogP) is 1.60. The number of halogens is 1. The molecule has 0 amide bonds. The van der Waals surface area contributed by atoms with Crippen LogP contribution >= 0.6 is 0 Å². The zero-order valence-electron chi connectivity index (χ0n) is 9.56. The molecule has 1 aromatic carbocycles. The monoisotopic (exact) mass is 258 g/mol. The van der Waals surface area contributed by atoms with Gasteiger partial charge in [0.1, 0.15) is 10.7 Å². The van der Waals surface area contributed by atoms with Gasteiger partial charge < -0.3 is 5.73 Å². The Kier molecular flexibility index (Phi) is 4.25. The van der Waals surface area contributed by atoms with Gasteiger partial charge in [0.25, 0.3) is 0 Å². The molecular weight excluding hydrogens is 243 g/mol. The summed E-state index contributed by atoms with van der Waals surface area (Å²) in [7, 11) is -2.41. The first kappa shape index (κ1) is 13.7. The first-order valence-corrected chi connectivity index (χ1v) is 6.46. The fraction of sp³-hybridized carbons (Fsp3) is 0.273. The van der Waals surface area contributed by atoms with E-state index in [-0.39, 0.29) is 17.1 Å². The van der Waals surface area contributed by atoms with Gasteiger partial charge in [-0.3, -0.25) is 0 Å². The van der Waals surface area contributed by atoms with Crippen molar-refractivity contribution in [3.63, 3.8) is 0 Å². The largest absolute Gasteiger partial charge is 0.399 e. The summed E-state index contributed by atoms with van der Waals surface area (Å²) >= 11 is 0. The fourth-order valence-electron chi connectivity index (χ4n) is 1.29. The van der Waals surface area contributed by atoms with Crippen LogP contribution in [0.15, 0.2) is 35.7 Å². The Bertz CT molecular complexity index is 514. The molecule has 0 aliphatic heterocycles. The highest BCUT2D eigenvalue weighted by Gasteiger charge is 2.23. The van der Waals surface area contributed by atoms with Gasteiger partial charge in [-0.1, -0.05) is 6.08 Å². The molecule has 0 saturated heterocycles. The number of anilines is 1. The third kappa shape index (κ3) is 3.04. The minimum Gasteiger partial charge on any atom is -0.399 e. The van der Waals surface area contributed by atoms with Crippen LogP contribution in [0.1, 0.15) is 6.42 Å². The van der Waals surface area contributed by atoms with Gasteiger partial charge in [-0.25, -0.2) is 17.1 Å². The molecular formula is C11H15FN2O2S. The zero-order chi connectivity index (χ0) is 13.1. The van der Waals surface area contributed by atoms with E-state index in [0.29, 0.717) is 6.42 Å². The molecule has 0 saturated carbocycles. The summed E-state index contributed by atoms with van der Waals surface area (Å²) in [6.07, 6.45) is 2.11. The van der Waals surface area contributed by atoms with Crippen LogP contribution in [0.5, 0.6) is 0 Å². The maximum Gasteiger partial charge on any atom is 0.245 e. The van der Waals surface area contributed by atoms with Crippen LogP contribution in [-0.2, 0) is 10.0 Å².